The van der Waals surface area contributed by atoms with Crippen LogP contribution in [0, 0.1) is 36.1 Å². The molecule has 0 radical (unpaired) electrons. The standard InChI is InChI=1S/C25H20F5N5.C25H18F5N5.2Pt/c2*26-21-11-10-16(23(27)33-21)17-6-4-7-18(31-17)24(13-2-1-3-14-24)19-8-5-9-22(32-19)35-15-12-20(34-35)25(28,29)30;;/h4-12,15H,1-3,13-14H2;4-9,11-12H,1-3,13-14H2;;/q;-2;;+2. The van der Waals surface area contributed by atoms with E-state index in [0.717, 1.165) is 85.0 Å². The third-order valence-corrected chi connectivity index (χ3v) is 12.6. The van der Waals surface area contributed by atoms with Crippen molar-refractivity contribution in [3.05, 3.63) is 180 Å². The zero-order valence-electron chi connectivity index (χ0n) is 37.3. The fourth-order valence-electron chi connectivity index (χ4n) is 9.22. The molecule has 2 saturated carbocycles. The summed E-state index contributed by atoms with van der Waals surface area (Å²) in [6.07, 6.45) is 3.05. The van der Waals surface area contributed by atoms with E-state index in [9.17, 15) is 43.9 Å². The van der Waals surface area contributed by atoms with Gasteiger partial charge in [-0.05, 0) is 86.0 Å². The predicted molar refractivity (Wildman–Crippen MR) is 233 cm³/mol. The van der Waals surface area contributed by atoms with Gasteiger partial charge in [-0.3, -0.25) is 20.1 Å². The van der Waals surface area contributed by atoms with Crippen LogP contribution in [0.5, 0.6) is 0 Å². The zero-order chi connectivity index (χ0) is 49.3. The Balaban J connectivity index is 0.000000206. The molecule has 8 heterocycles. The summed E-state index contributed by atoms with van der Waals surface area (Å²) >= 11 is 0. The molecule has 2 aliphatic carbocycles. The number of hydrogen-bond acceptors (Lipinski definition) is 8. The smallest absolute Gasteiger partial charge is 0.343 e. The molecule has 0 saturated heterocycles. The molecule has 0 aromatic carbocycles. The van der Waals surface area contributed by atoms with E-state index in [1.54, 1.807) is 48.5 Å². The number of hydrogen-bond donors (Lipinski definition) is 0. The molecule has 0 unspecified atom stereocenters. The van der Waals surface area contributed by atoms with Crippen LogP contribution in [0.1, 0.15) is 98.4 Å². The van der Waals surface area contributed by atoms with Crippen LogP contribution in [0.2, 0.25) is 0 Å². The van der Waals surface area contributed by atoms with Crippen molar-refractivity contribution in [1.29, 1.82) is 0 Å². The summed E-state index contributed by atoms with van der Waals surface area (Å²) in [5, 5.41) is 7.22. The average Bonchev–Trinajstić information content (AvgIpc) is 4.08. The fraction of sp³-hybridized carbons (Fsp3) is 0.280. The zero-order valence-corrected chi connectivity index (χ0v) is 41.9. The molecule has 0 N–H and O–H groups in total. The van der Waals surface area contributed by atoms with E-state index >= 15 is 0 Å². The topological polar surface area (TPSA) is 113 Å². The molecule has 2 aliphatic rings. The molecule has 10 nitrogen and oxygen atoms in total. The molecule has 0 bridgehead atoms. The molecule has 72 heavy (non-hydrogen) atoms. The largest absolute Gasteiger partial charge is 2.00 e. The van der Waals surface area contributed by atoms with Crippen molar-refractivity contribution in [1.82, 2.24) is 49.5 Å². The van der Waals surface area contributed by atoms with Gasteiger partial charge in [0.25, 0.3) is 0 Å². The molecule has 10 rings (SSSR count). The van der Waals surface area contributed by atoms with Crippen molar-refractivity contribution in [2.24, 2.45) is 0 Å². The maximum absolute atomic E-state index is 14.4. The molecular formula is C50H38F10N10Pt2. The normalized spacial score (nSPS) is 15.4. The third kappa shape index (κ3) is 11.3. The Kier molecular flexibility index (Phi) is 16.4. The molecule has 378 valence electrons. The van der Waals surface area contributed by atoms with Crippen molar-refractivity contribution in [2.75, 3.05) is 0 Å². The van der Waals surface area contributed by atoms with Crippen LogP contribution in [0.15, 0.2) is 109 Å². The number of pyridine rings is 6. The summed E-state index contributed by atoms with van der Waals surface area (Å²) in [5.41, 5.74) is -0.138. The van der Waals surface area contributed by atoms with Gasteiger partial charge < -0.3 is 9.67 Å². The molecule has 8 aromatic rings. The quantitative estimate of drug-likeness (QED) is 0.0840. The number of alkyl halides is 6. The Morgan fingerprint density at radius 2 is 1.00 bits per heavy atom. The summed E-state index contributed by atoms with van der Waals surface area (Å²) in [6.45, 7) is 0. The Bertz CT molecular complexity index is 2940. The Labute approximate surface area is 434 Å². The Hall–Kier alpha value is -6.00. The van der Waals surface area contributed by atoms with E-state index in [1.807, 2.05) is 24.3 Å². The van der Waals surface area contributed by atoms with Crippen LogP contribution < -0.4 is 0 Å². The molecule has 2 fully saturated rings. The van der Waals surface area contributed by atoms with Crippen molar-refractivity contribution < 1.29 is 86.0 Å². The second-order valence-corrected chi connectivity index (χ2v) is 16.9. The van der Waals surface area contributed by atoms with Gasteiger partial charge in [-0.2, -0.15) is 45.2 Å². The predicted octanol–water partition coefficient (Wildman–Crippen LogP) is 12.1. The van der Waals surface area contributed by atoms with Gasteiger partial charge in [0.05, 0.1) is 45.0 Å². The van der Waals surface area contributed by atoms with Crippen molar-refractivity contribution in [3.8, 4) is 34.2 Å². The van der Waals surface area contributed by atoms with Gasteiger partial charge in [-0.1, -0.05) is 92.7 Å². The molecule has 0 spiro atoms. The first kappa shape index (κ1) is 53.8. The van der Waals surface area contributed by atoms with Crippen LogP contribution >= 0.6 is 0 Å². The van der Waals surface area contributed by atoms with Gasteiger partial charge >= 0.3 is 33.4 Å². The second-order valence-electron chi connectivity index (χ2n) is 16.9. The summed E-state index contributed by atoms with van der Waals surface area (Å²) in [4.78, 5) is 25.3. The van der Waals surface area contributed by atoms with E-state index in [0.29, 0.717) is 41.3 Å². The van der Waals surface area contributed by atoms with Gasteiger partial charge in [0, 0.05) is 38.6 Å². The summed E-state index contributed by atoms with van der Waals surface area (Å²) in [7, 11) is 0. The van der Waals surface area contributed by atoms with Gasteiger partial charge in [-0.15, -0.1) is 12.1 Å². The maximum atomic E-state index is 14.4. The van der Waals surface area contributed by atoms with Gasteiger partial charge in [0.1, 0.15) is 11.9 Å². The van der Waals surface area contributed by atoms with Gasteiger partial charge in [0.15, 0.2) is 11.5 Å². The minimum atomic E-state index is -4.59. The van der Waals surface area contributed by atoms with Gasteiger partial charge in [-0.25, -0.2) is 18.4 Å². The molecule has 8 aromatic heterocycles. The van der Waals surface area contributed by atoms with Crippen LogP contribution in [0.4, 0.5) is 43.9 Å². The Morgan fingerprint density at radius 3 is 1.54 bits per heavy atom. The summed E-state index contributed by atoms with van der Waals surface area (Å²) in [6, 6.07) is 28.1. The van der Waals surface area contributed by atoms with Crippen molar-refractivity contribution >= 4 is 0 Å². The van der Waals surface area contributed by atoms with Gasteiger partial charge in [0.2, 0.25) is 11.9 Å². The number of nitrogens with zero attached hydrogens (tertiary/aromatic N) is 10. The monoisotopic (exact) mass is 1360 g/mol. The van der Waals surface area contributed by atoms with Crippen LogP contribution in [-0.4, -0.2) is 49.5 Å². The Morgan fingerprint density at radius 1 is 0.486 bits per heavy atom. The van der Waals surface area contributed by atoms with E-state index in [2.05, 4.69) is 37.4 Å². The van der Waals surface area contributed by atoms with E-state index in [4.69, 9.17) is 15.0 Å². The average molecular weight is 1360 g/mol. The SMILES string of the molecule is Fc1c[c-]c(-c2cccc(C3(c4cccc(-n5[c-]cc(C(F)(F)F)n5)n4)CCCCC3)n2)c(F)n1.Fc1ccc(-c2cccc(C3(c4cccc(-n5ccc(C(F)(F)F)n5)n4)CCCCC3)n2)c(F)n1.[Pt+2].[Pt]. The molecule has 22 heteroatoms. The molecule has 0 atom stereocenters. The molecular weight excluding hydrogens is 1320 g/mol. The molecule has 0 aliphatic heterocycles. The summed E-state index contributed by atoms with van der Waals surface area (Å²) in [5.74, 6) is -3.40. The number of aromatic nitrogens is 10. The van der Waals surface area contributed by atoms with E-state index < -0.39 is 58.4 Å². The number of halogens is 10. The van der Waals surface area contributed by atoms with Crippen LogP contribution in [0.3, 0.4) is 0 Å². The molecule has 0 amide bonds. The fourth-order valence-corrected chi connectivity index (χ4v) is 9.22. The third-order valence-electron chi connectivity index (χ3n) is 12.6. The first-order valence-corrected chi connectivity index (χ1v) is 22.2. The summed E-state index contributed by atoms with van der Waals surface area (Å²) < 4.78 is 136. The van der Waals surface area contributed by atoms with Crippen molar-refractivity contribution in [3.63, 3.8) is 0 Å². The van der Waals surface area contributed by atoms with Crippen LogP contribution in [-0.2, 0) is 65.3 Å². The van der Waals surface area contributed by atoms with E-state index in [1.165, 1.54) is 12.3 Å². The second kappa shape index (κ2) is 22.0. The maximum Gasteiger partial charge on any atom is 2.00 e. The first-order valence-electron chi connectivity index (χ1n) is 22.2. The number of rotatable bonds is 8. The van der Waals surface area contributed by atoms with Crippen molar-refractivity contribution in [2.45, 2.75) is 87.4 Å². The minimum absolute atomic E-state index is 0. The first-order chi connectivity index (χ1) is 33.5. The van der Waals surface area contributed by atoms with E-state index in [-0.39, 0.29) is 70.6 Å². The minimum Gasteiger partial charge on any atom is -0.343 e. The van der Waals surface area contributed by atoms with Crippen LogP contribution in [0.25, 0.3) is 34.2 Å².